The lowest BCUT2D eigenvalue weighted by Crippen LogP contribution is -2.48. The molecule has 1 atom stereocenters. The van der Waals surface area contributed by atoms with Crippen molar-refractivity contribution in [2.45, 2.75) is 50.5 Å². The Balaban J connectivity index is 1.50. The second kappa shape index (κ2) is 4.15. The molecule has 102 valence electrons. The molecule has 0 radical (unpaired) electrons. The van der Waals surface area contributed by atoms with Gasteiger partial charge in [-0.1, -0.05) is 6.42 Å². The van der Waals surface area contributed by atoms with E-state index in [9.17, 15) is 13.6 Å². The number of amides is 1. The fraction of sp³-hybridized carbons (Fsp3) is 0.923. The zero-order valence-electron chi connectivity index (χ0n) is 10.5. The molecule has 0 aromatic carbocycles. The van der Waals surface area contributed by atoms with E-state index in [0.717, 1.165) is 5.92 Å². The van der Waals surface area contributed by atoms with Crippen molar-refractivity contribution in [3.63, 3.8) is 0 Å². The molecule has 0 aromatic rings. The van der Waals surface area contributed by atoms with Gasteiger partial charge in [0, 0.05) is 13.0 Å². The second-order valence-electron chi connectivity index (χ2n) is 6.20. The lowest BCUT2D eigenvalue weighted by atomic mass is 9.65. The first-order chi connectivity index (χ1) is 8.51. The van der Waals surface area contributed by atoms with Gasteiger partial charge in [0.1, 0.15) is 0 Å². The smallest absolute Gasteiger partial charge is 0.262 e. The summed E-state index contributed by atoms with van der Waals surface area (Å²) in [6, 6.07) is -0.712. The normalized spacial score (nSPS) is 32.9. The molecule has 3 rings (SSSR count). The van der Waals surface area contributed by atoms with Crippen molar-refractivity contribution in [1.82, 2.24) is 10.6 Å². The maximum atomic E-state index is 13.0. The van der Waals surface area contributed by atoms with Gasteiger partial charge in [0.15, 0.2) is 0 Å². The highest BCUT2D eigenvalue weighted by Gasteiger charge is 2.49. The quantitative estimate of drug-likeness (QED) is 0.805. The van der Waals surface area contributed by atoms with Crippen molar-refractivity contribution in [3.8, 4) is 0 Å². The molecular formula is C13H20F2N2O. The molecule has 3 fully saturated rings. The highest BCUT2D eigenvalue weighted by molar-refractivity contribution is 5.82. The van der Waals surface area contributed by atoms with Crippen LogP contribution in [0.3, 0.4) is 0 Å². The topological polar surface area (TPSA) is 41.1 Å². The Bertz CT molecular complexity index is 351. The minimum Gasteiger partial charge on any atom is -0.354 e. The molecule has 3 nitrogen and oxygen atoms in total. The molecule has 0 spiro atoms. The molecular weight excluding hydrogens is 238 g/mol. The molecule has 0 bridgehead atoms. The third kappa shape index (κ3) is 2.25. The Kier molecular flexibility index (Phi) is 2.84. The average molecular weight is 258 g/mol. The standard InChI is InChI=1S/C13H20F2N2O/c14-13(15)6-10(16-8-13)11(18)17-7-12(4-1-5-12)9-2-3-9/h9-10,16H,1-8H2,(H,17,18). The Morgan fingerprint density at radius 3 is 2.50 bits per heavy atom. The molecule has 18 heavy (non-hydrogen) atoms. The average Bonchev–Trinajstić information content (AvgIpc) is 3.01. The first-order valence-electron chi connectivity index (χ1n) is 6.90. The molecule has 2 aliphatic carbocycles. The first-order valence-corrected chi connectivity index (χ1v) is 6.90. The largest absolute Gasteiger partial charge is 0.354 e. The van der Waals surface area contributed by atoms with Crippen LogP contribution in [0.25, 0.3) is 0 Å². The molecule has 5 heteroatoms. The molecule has 2 N–H and O–H groups in total. The van der Waals surface area contributed by atoms with E-state index in [1.54, 1.807) is 0 Å². The van der Waals surface area contributed by atoms with E-state index >= 15 is 0 Å². The highest BCUT2D eigenvalue weighted by atomic mass is 19.3. The predicted molar refractivity (Wildman–Crippen MR) is 63.4 cm³/mol. The van der Waals surface area contributed by atoms with Crippen molar-refractivity contribution in [2.24, 2.45) is 11.3 Å². The molecule has 1 unspecified atom stereocenters. The second-order valence-corrected chi connectivity index (χ2v) is 6.20. The van der Waals surface area contributed by atoms with Gasteiger partial charge >= 0.3 is 0 Å². The number of hydrogen-bond acceptors (Lipinski definition) is 2. The lowest BCUT2D eigenvalue weighted by molar-refractivity contribution is -0.124. The van der Waals surface area contributed by atoms with Crippen molar-refractivity contribution in [1.29, 1.82) is 0 Å². The summed E-state index contributed by atoms with van der Waals surface area (Å²) in [7, 11) is 0. The monoisotopic (exact) mass is 258 g/mol. The van der Waals surface area contributed by atoms with Gasteiger partial charge in [-0.05, 0) is 37.0 Å². The maximum absolute atomic E-state index is 13.0. The minimum absolute atomic E-state index is 0.251. The van der Waals surface area contributed by atoms with Crippen LogP contribution >= 0.6 is 0 Å². The summed E-state index contributed by atoms with van der Waals surface area (Å²) in [5.41, 5.74) is 0.302. The Morgan fingerprint density at radius 2 is 2.06 bits per heavy atom. The van der Waals surface area contributed by atoms with Crippen molar-refractivity contribution in [3.05, 3.63) is 0 Å². The molecule has 1 aliphatic heterocycles. The molecule has 1 saturated heterocycles. The summed E-state index contributed by atoms with van der Waals surface area (Å²) in [4.78, 5) is 11.9. The van der Waals surface area contributed by atoms with Gasteiger partial charge in [0.2, 0.25) is 5.91 Å². The fourth-order valence-electron chi connectivity index (χ4n) is 3.34. The van der Waals surface area contributed by atoms with Crippen LogP contribution in [0.4, 0.5) is 8.78 Å². The third-order valence-corrected chi connectivity index (χ3v) is 4.83. The van der Waals surface area contributed by atoms with E-state index < -0.39 is 12.0 Å². The molecule has 1 heterocycles. The van der Waals surface area contributed by atoms with Gasteiger partial charge < -0.3 is 5.32 Å². The van der Waals surface area contributed by atoms with Crippen LogP contribution < -0.4 is 10.6 Å². The van der Waals surface area contributed by atoms with Gasteiger partial charge in [0.05, 0.1) is 12.6 Å². The summed E-state index contributed by atoms with van der Waals surface area (Å²) in [5.74, 6) is -2.21. The van der Waals surface area contributed by atoms with Gasteiger partial charge in [-0.2, -0.15) is 0 Å². The van der Waals surface area contributed by atoms with Gasteiger partial charge in [-0.15, -0.1) is 0 Å². The number of rotatable bonds is 4. The summed E-state index contributed by atoms with van der Waals surface area (Å²) in [5, 5.41) is 5.49. The van der Waals surface area contributed by atoms with Crippen LogP contribution in [-0.4, -0.2) is 31.0 Å². The van der Waals surface area contributed by atoms with E-state index in [-0.39, 0.29) is 18.9 Å². The Morgan fingerprint density at radius 1 is 1.33 bits per heavy atom. The third-order valence-electron chi connectivity index (χ3n) is 4.83. The van der Waals surface area contributed by atoms with Crippen LogP contribution in [0.2, 0.25) is 0 Å². The zero-order chi connectivity index (χ0) is 12.8. The molecule has 1 amide bonds. The van der Waals surface area contributed by atoms with E-state index in [1.165, 1.54) is 32.1 Å². The van der Waals surface area contributed by atoms with E-state index in [1.807, 2.05) is 0 Å². The van der Waals surface area contributed by atoms with Gasteiger partial charge in [0.25, 0.3) is 5.92 Å². The van der Waals surface area contributed by atoms with Crippen LogP contribution in [0.5, 0.6) is 0 Å². The molecule has 0 aromatic heterocycles. The van der Waals surface area contributed by atoms with E-state index in [2.05, 4.69) is 10.6 Å². The van der Waals surface area contributed by atoms with Crippen LogP contribution in [0.1, 0.15) is 38.5 Å². The summed E-state index contributed by atoms with van der Waals surface area (Å²) >= 11 is 0. The lowest BCUT2D eigenvalue weighted by Gasteiger charge is -2.42. The number of nitrogens with one attached hydrogen (secondary N) is 2. The highest BCUT2D eigenvalue weighted by Crippen LogP contribution is 2.56. The predicted octanol–water partition coefficient (Wildman–Crippen LogP) is 1.68. The number of halogens is 2. The SMILES string of the molecule is O=C(NCC1(C2CC2)CCC1)C1CC(F)(F)CN1. The van der Waals surface area contributed by atoms with E-state index in [0.29, 0.717) is 12.0 Å². The molecule has 3 aliphatic rings. The van der Waals surface area contributed by atoms with Crippen molar-refractivity contribution < 1.29 is 13.6 Å². The fourth-order valence-corrected chi connectivity index (χ4v) is 3.34. The first kappa shape index (κ1) is 12.3. The number of carbonyl (C=O) groups is 1. The summed E-state index contributed by atoms with van der Waals surface area (Å²) in [6.07, 6.45) is 5.80. The number of hydrogen-bond donors (Lipinski definition) is 2. The molecule has 2 saturated carbocycles. The summed E-state index contributed by atoms with van der Waals surface area (Å²) in [6.45, 7) is 0.305. The van der Waals surface area contributed by atoms with Crippen molar-refractivity contribution >= 4 is 5.91 Å². The van der Waals surface area contributed by atoms with Crippen LogP contribution in [0, 0.1) is 11.3 Å². The van der Waals surface area contributed by atoms with Crippen molar-refractivity contribution in [2.75, 3.05) is 13.1 Å². The summed E-state index contributed by atoms with van der Waals surface area (Å²) < 4.78 is 26.0. The Labute approximate surface area is 106 Å². The van der Waals surface area contributed by atoms with E-state index in [4.69, 9.17) is 0 Å². The van der Waals surface area contributed by atoms with Gasteiger partial charge in [-0.3, -0.25) is 10.1 Å². The zero-order valence-corrected chi connectivity index (χ0v) is 10.5. The Hall–Kier alpha value is -0.710. The van der Waals surface area contributed by atoms with Crippen LogP contribution in [0.15, 0.2) is 0 Å². The number of alkyl halides is 2. The van der Waals surface area contributed by atoms with Crippen LogP contribution in [-0.2, 0) is 4.79 Å². The number of carbonyl (C=O) groups excluding carboxylic acids is 1. The van der Waals surface area contributed by atoms with Gasteiger partial charge in [-0.25, -0.2) is 8.78 Å². The maximum Gasteiger partial charge on any atom is 0.262 e. The minimum atomic E-state index is -2.73.